The van der Waals surface area contributed by atoms with Crippen LogP contribution >= 0.6 is 0 Å². The summed E-state index contributed by atoms with van der Waals surface area (Å²) in [5.74, 6) is 3.03. The Labute approximate surface area is 163 Å². The number of ether oxygens (including phenoxy) is 2. The number of aromatic amines is 1. The normalized spacial score (nSPS) is 23.1. The summed E-state index contributed by atoms with van der Waals surface area (Å²) in [6.45, 7) is 3.13. The van der Waals surface area contributed by atoms with Crippen molar-refractivity contribution >= 4 is 16.7 Å². The predicted octanol–water partition coefficient (Wildman–Crippen LogP) is 2.69. The fourth-order valence-corrected chi connectivity index (χ4v) is 4.10. The third kappa shape index (κ3) is 3.52. The van der Waals surface area contributed by atoms with Gasteiger partial charge in [0.1, 0.15) is 24.1 Å². The first-order chi connectivity index (χ1) is 13.9. The molecule has 0 amide bonds. The second kappa shape index (κ2) is 7.71. The van der Waals surface area contributed by atoms with E-state index in [9.17, 15) is 0 Å². The molecule has 5 rings (SSSR count). The molecule has 1 saturated heterocycles. The number of hydrogen-bond acceptors (Lipinski definition) is 7. The molecule has 8 nitrogen and oxygen atoms in total. The van der Waals surface area contributed by atoms with Crippen LogP contribution in [-0.2, 0) is 4.74 Å². The zero-order chi connectivity index (χ0) is 18.8. The predicted molar refractivity (Wildman–Crippen MR) is 105 cm³/mol. The number of morpholine rings is 1. The van der Waals surface area contributed by atoms with E-state index >= 15 is 0 Å². The average molecular weight is 380 g/mol. The van der Waals surface area contributed by atoms with Crippen molar-refractivity contribution in [2.75, 3.05) is 31.2 Å². The van der Waals surface area contributed by atoms with Crippen molar-refractivity contribution in [1.29, 1.82) is 0 Å². The number of anilines is 1. The van der Waals surface area contributed by atoms with Crippen molar-refractivity contribution in [2.45, 2.75) is 37.7 Å². The Morgan fingerprint density at radius 3 is 2.75 bits per heavy atom. The first kappa shape index (κ1) is 17.4. The Kier molecular flexibility index (Phi) is 4.78. The van der Waals surface area contributed by atoms with Crippen molar-refractivity contribution in [1.82, 2.24) is 25.1 Å². The number of rotatable bonds is 4. The number of hydrogen-bond donors (Lipinski definition) is 1. The van der Waals surface area contributed by atoms with Gasteiger partial charge in [-0.05, 0) is 37.8 Å². The lowest BCUT2D eigenvalue weighted by Crippen LogP contribution is -2.36. The van der Waals surface area contributed by atoms with Gasteiger partial charge in [-0.25, -0.2) is 4.98 Å². The first-order valence-corrected chi connectivity index (χ1v) is 9.97. The number of nitrogens with zero attached hydrogens (tertiary/aromatic N) is 5. The van der Waals surface area contributed by atoms with Crippen LogP contribution in [0.1, 0.15) is 37.4 Å². The van der Waals surface area contributed by atoms with Crippen molar-refractivity contribution in [2.24, 2.45) is 0 Å². The summed E-state index contributed by atoms with van der Waals surface area (Å²) in [4.78, 5) is 16.0. The molecule has 8 heteroatoms. The number of aromatic nitrogens is 5. The standard InChI is InChI=1S/C20H24N6O2/c1-2-16-17(21-7-1)12-18(26-8-10-27-11-9-26)24-20(16)28-15-5-3-14(4-6-15)19-22-13-23-25-19/h1-2,7,12-15H,3-6,8-11H2,(H,22,23,25). The minimum Gasteiger partial charge on any atom is -0.474 e. The third-order valence-corrected chi connectivity index (χ3v) is 5.66. The van der Waals surface area contributed by atoms with Gasteiger partial charge in [0.2, 0.25) is 5.88 Å². The van der Waals surface area contributed by atoms with Crippen LogP contribution in [0.3, 0.4) is 0 Å². The Morgan fingerprint density at radius 2 is 1.96 bits per heavy atom. The van der Waals surface area contributed by atoms with Crippen LogP contribution in [0.25, 0.3) is 10.9 Å². The minimum atomic E-state index is 0.162. The van der Waals surface area contributed by atoms with E-state index in [1.54, 1.807) is 6.33 Å². The topological polar surface area (TPSA) is 89.1 Å². The third-order valence-electron chi connectivity index (χ3n) is 5.66. The summed E-state index contributed by atoms with van der Waals surface area (Å²) >= 11 is 0. The fraction of sp³-hybridized carbons (Fsp3) is 0.500. The van der Waals surface area contributed by atoms with E-state index in [0.717, 1.165) is 74.5 Å². The van der Waals surface area contributed by atoms with Gasteiger partial charge >= 0.3 is 0 Å². The molecule has 0 unspecified atom stereocenters. The van der Waals surface area contributed by atoms with Crippen molar-refractivity contribution < 1.29 is 9.47 Å². The van der Waals surface area contributed by atoms with E-state index in [-0.39, 0.29) is 6.10 Å². The molecule has 0 bridgehead atoms. The van der Waals surface area contributed by atoms with Crippen LogP contribution in [0.15, 0.2) is 30.7 Å². The van der Waals surface area contributed by atoms with Gasteiger partial charge in [-0.2, -0.15) is 10.1 Å². The molecule has 28 heavy (non-hydrogen) atoms. The molecule has 3 aromatic heterocycles. The SMILES string of the molecule is c1cnc2cc(N3CCOCC3)nc(OC3CCC(c4ncn[nH]4)CC3)c2c1. The highest BCUT2D eigenvalue weighted by Gasteiger charge is 2.26. The van der Waals surface area contributed by atoms with E-state index in [4.69, 9.17) is 14.5 Å². The monoisotopic (exact) mass is 380 g/mol. The summed E-state index contributed by atoms with van der Waals surface area (Å²) in [5.41, 5.74) is 0.921. The van der Waals surface area contributed by atoms with Crippen LogP contribution in [0, 0.1) is 0 Å². The van der Waals surface area contributed by atoms with Crippen LogP contribution in [0.2, 0.25) is 0 Å². The molecular weight excluding hydrogens is 356 g/mol. The Morgan fingerprint density at radius 1 is 1.11 bits per heavy atom. The number of pyridine rings is 2. The molecule has 4 heterocycles. The second-order valence-corrected chi connectivity index (χ2v) is 7.42. The molecule has 1 aliphatic heterocycles. The molecular formula is C20H24N6O2. The number of fused-ring (bicyclic) bond motifs is 1. The lowest BCUT2D eigenvalue weighted by Gasteiger charge is -2.30. The average Bonchev–Trinajstić information content (AvgIpc) is 3.30. The molecule has 1 N–H and O–H groups in total. The quantitative estimate of drug-likeness (QED) is 0.744. The maximum Gasteiger partial charge on any atom is 0.225 e. The summed E-state index contributed by atoms with van der Waals surface area (Å²) < 4.78 is 11.9. The zero-order valence-corrected chi connectivity index (χ0v) is 15.8. The summed E-state index contributed by atoms with van der Waals surface area (Å²) in [6.07, 6.45) is 7.61. The molecule has 1 saturated carbocycles. The van der Waals surface area contributed by atoms with Crippen LogP contribution < -0.4 is 9.64 Å². The van der Waals surface area contributed by atoms with E-state index in [2.05, 4.69) is 25.1 Å². The van der Waals surface area contributed by atoms with Gasteiger partial charge in [0, 0.05) is 31.3 Å². The minimum absolute atomic E-state index is 0.162. The fourth-order valence-electron chi connectivity index (χ4n) is 4.10. The number of nitrogens with one attached hydrogen (secondary N) is 1. The number of H-pyrrole nitrogens is 1. The summed E-state index contributed by atoms with van der Waals surface area (Å²) in [7, 11) is 0. The van der Waals surface area contributed by atoms with Gasteiger partial charge in [-0.15, -0.1) is 0 Å². The lowest BCUT2D eigenvalue weighted by atomic mass is 9.87. The highest BCUT2D eigenvalue weighted by atomic mass is 16.5. The Balaban J connectivity index is 1.36. The highest BCUT2D eigenvalue weighted by molar-refractivity contribution is 5.85. The van der Waals surface area contributed by atoms with Crippen LogP contribution in [0.5, 0.6) is 5.88 Å². The molecule has 0 atom stereocenters. The van der Waals surface area contributed by atoms with E-state index in [1.165, 1.54) is 0 Å². The molecule has 0 radical (unpaired) electrons. The van der Waals surface area contributed by atoms with Gasteiger partial charge in [-0.3, -0.25) is 10.1 Å². The first-order valence-electron chi connectivity index (χ1n) is 9.97. The molecule has 3 aromatic rings. The maximum atomic E-state index is 6.41. The Hall–Kier alpha value is -2.74. The van der Waals surface area contributed by atoms with Gasteiger partial charge in [0.05, 0.1) is 24.1 Å². The van der Waals surface area contributed by atoms with Crippen LogP contribution in [-0.4, -0.2) is 57.6 Å². The Bertz CT molecular complexity index is 918. The van der Waals surface area contributed by atoms with Gasteiger partial charge in [0.25, 0.3) is 0 Å². The van der Waals surface area contributed by atoms with Crippen LogP contribution in [0.4, 0.5) is 5.82 Å². The summed E-state index contributed by atoms with van der Waals surface area (Å²) in [6, 6.07) is 6.02. The lowest BCUT2D eigenvalue weighted by molar-refractivity contribution is 0.121. The van der Waals surface area contributed by atoms with Crippen molar-refractivity contribution in [3.63, 3.8) is 0 Å². The van der Waals surface area contributed by atoms with Gasteiger partial charge in [0.15, 0.2) is 0 Å². The molecule has 2 aliphatic rings. The molecule has 0 spiro atoms. The van der Waals surface area contributed by atoms with Crippen molar-refractivity contribution in [3.8, 4) is 5.88 Å². The molecule has 2 fully saturated rings. The maximum absolute atomic E-state index is 6.41. The smallest absolute Gasteiger partial charge is 0.225 e. The van der Waals surface area contributed by atoms with Crippen molar-refractivity contribution in [3.05, 3.63) is 36.5 Å². The van der Waals surface area contributed by atoms with Gasteiger partial charge in [-0.1, -0.05) is 0 Å². The largest absolute Gasteiger partial charge is 0.474 e. The molecule has 146 valence electrons. The van der Waals surface area contributed by atoms with Gasteiger partial charge < -0.3 is 14.4 Å². The second-order valence-electron chi connectivity index (χ2n) is 7.42. The summed E-state index contributed by atoms with van der Waals surface area (Å²) in [5, 5.41) is 7.94. The highest BCUT2D eigenvalue weighted by Crippen LogP contribution is 2.34. The molecule has 0 aromatic carbocycles. The molecule has 1 aliphatic carbocycles. The zero-order valence-electron chi connectivity index (χ0n) is 15.8. The van der Waals surface area contributed by atoms with E-state index in [1.807, 2.05) is 24.4 Å². The van der Waals surface area contributed by atoms with E-state index in [0.29, 0.717) is 11.8 Å². The van der Waals surface area contributed by atoms with E-state index < -0.39 is 0 Å².